The Morgan fingerprint density at radius 3 is 2.90 bits per heavy atom. The van der Waals surface area contributed by atoms with Crippen molar-refractivity contribution >= 4 is 22.5 Å². The van der Waals surface area contributed by atoms with E-state index < -0.39 is 0 Å². The van der Waals surface area contributed by atoms with Crippen LogP contribution in [0.4, 0.5) is 5.69 Å². The molecule has 2 unspecified atom stereocenters. The summed E-state index contributed by atoms with van der Waals surface area (Å²) >= 11 is 0. The molecular weight excluding hydrogens is 250 g/mol. The molecule has 0 saturated carbocycles. The lowest BCUT2D eigenvalue weighted by Crippen LogP contribution is -2.45. The number of aromatic amines is 1. The highest BCUT2D eigenvalue weighted by molar-refractivity contribution is 5.98. The molecule has 1 aromatic carbocycles. The Bertz CT molecular complexity index is 646. The van der Waals surface area contributed by atoms with Crippen LogP contribution < -0.4 is 5.73 Å². The molecule has 1 aliphatic rings. The normalized spacial score (nSPS) is 23.2. The Labute approximate surface area is 118 Å². The number of nitrogens with one attached hydrogen (secondary N) is 1. The molecule has 3 N–H and O–H groups in total. The lowest BCUT2D eigenvalue weighted by molar-refractivity contribution is 0.0569. The third-order valence-electron chi connectivity index (χ3n) is 4.25. The zero-order chi connectivity index (χ0) is 14.3. The van der Waals surface area contributed by atoms with Gasteiger partial charge in [-0.25, -0.2) is 0 Å². The molecule has 3 rings (SSSR count). The summed E-state index contributed by atoms with van der Waals surface area (Å²) in [6.45, 7) is 5.18. The predicted molar refractivity (Wildman–Crippen MR) is 81.6 cm³/mol. The van der Waals surface area contributed by atoms with E-state index in [-0.39, 0.29) is 5.91 Å². The molecule has 0 radical (unpaired) electrons. The third kappa shape index (κ3) is 2.26. The number of aromatic nitrogens is 1. The highest BCUT2D eigenvalue weighted by Gasteiger charge is 2.28. The van der Waals surface area contributed by atoms with E-state index in [0.29, 0.717) is 17.7 Å². The van der Waals surface area contributed by atoms with Crippen LogP contribution in [0, 0.1) is 5.92 Å². The summed E-state index contributed by atoms with van der Waals surface area (Å²) < 4.78 is 0. The molecule has 2 aromatic rings. The Kier molecular flexibility index (Phi) is 3.16. The fraction of sp³-hybridized carbons (Fsp3) is 0.438. The number of nitrogens with zero attached hydrogens (tertiary/aromatic N) is 1. The first-order chi connectivity index (χ1) is 9.54. The van der Waals surface area contributed by atoms with Crippen molar-refractivity contribution in [3.8, 4) is 0 Å². The molecule has 106 valence electrons. The van der Waals surface area contributed by atoms with E-state index in [4.69, 9.17) is 5.73 Å². The fourth-order valence-corrected chi connectivity index (χ4v) is 2.99. The lowest BCUT2D eigenvalue weighted by Gasteiger charge is -2.36. The van der Waals surface area contributed by atoms with Crippen molar-refractivity contribution in [3.63, 3.8) is 0 Å². The average Bonchev–Trinajstić information content (AvgIpc) is 2.83. The van der Waals surface area contributed by atoms with E-state index in [1.165, 1.54) is 6.42 Å². The third-order valence-corrected chi connectivity index (χ3v) is 4.25. The molecule has 2 heterocycles. The molecule has 4 heteroatoms. The van der Waals surface area contributed by atoms with Crippen LogP contribution in [0.1, 0.15) is 37.2 Å². The largest absolute Gasteiger partial charge is 0.399 e. The minimum atomic E-state index is 0.0961. The molecule has 1 aliphatic heterocycles. The molecule has 4 nitrogen and oxygen atoms in total. The van der Waals surface area contributed by atoms with Gasteiger partial charge in [-0.2, -0.15) is 0 Å². The highest BCUT2D eigenvalue weighted by Crippen LogP contribution is 2.25. The smallest absolute Gasteiger partial charge is 0.270 e. The zero-order valence-corrected chi connectivity index (χ0v) is 12.0. The minimum absolute atomic E-state index is 0.0961. The number of likely N-dealkylation sites (tertiary alicyclic amines) is 1. The summed E-state index contributed by atoms with van der Waals surface area (Å²) in [7, 11) is 0. The number of benzene rings is 1. The van der Waals surface area contributed by atoms with Gasteiger partial charge in [0.1, 0.15) is 5.69 Å². The molecule has 0 bridgehead atoms. The number of piperidine rings is 1. The number of nitrogen functional groups attached to an aromatic ring is 1. The van der Waals surface area contributed by atoms with Crippen LogP contribution in [-0.4, -0.2) is 28.4 Å². The van der Waals surface area contributed by atoms with Gasteiger partial charge in [0.05, 0.1) is 0 Å². The SMILES string of the molecule is CC1CCC(C)N(C(=O)c2cc3cc(N)ccc3[nH]2)C1. The van der Waals surface area contributed by atoms with Gasteiger partial charge in [-0.3, -0.25) is 4.79 Å². The first-order valence-electron chi connectivity index (χ1n) is 7.24. The van der Waals surface area contributed by atoms with Gasteiger partial charge in [0, 0.05) is 29.2 Å². The fourth-order valence-electron chi connectivity index (χ4n) is 2.99. The molecule has 2 atom stereocenters. The van der Waals surface area contributed by atoms with Gasteiger partial charge in [-0.05, 0) is 49.9 Å². The summed E-state index contributed by atoms with van der Waals surface area (Å²) in [6.07, 6.45) is 2.29. The van der Waals surface area contributed by atoms with Crippen LogP contribution >= 0.6 is 0 Å². The Morgan fingerprint density at radius 1 is 1.30 bits per heavy atom. The number of carbonyl (C=O) groups is 1. The number of nitrogens with two attached hydrogens (primary N) is 1. The number of amides is 1. The second-order valence-electron chi connectivity index (χ2n) is 6.02. The number of H-pyrrole nitrogens is 1. The second kappa shape index (κ2) is 4.85. The standard InChI is InChI=1S/C16H21N3O/c1-10-3-4-11(2)19(9-10)16(20)15-8-12-7-13(17)5-6-14(12)18-15/h5-8,10-11,18H,3-4,9,17H2,1-2H3. The summed E-state index contributed by atoms with van der Waals surface area (Å²) in [5.41, 5.74) is 8.12. The average molecular weight is 271 g/mol. The summed E-state index contributed by atoms with van der Waals surface area (Å²) in [5, 5.41) is 0.992. The van der Waals surface area contributed by atoms with E-state index in [9.17, 15) is 4.79 Å². The maximum atomic E-state index is 12.7. The van der Waals surface area contributed by atoms with Crippen molar-refractivity contribution in [2.24, 2.45) is 5.92 Å². The van der Waals surface area contributed by atoms with Gasteiger partial charge < -0.3 is 15.6 Å². The lowest BCUT2D eigenvalue weighted by atomic mass is 9.95. The van der Waals surface area contributed by atoms with Crippen LogP contribution in [0.15, 0.2) is 24.3 Å². The van der Waals surface area contributed by atoms with E-state index in [2.05, 4.69) is 18.8 Å². The molecule has 20 heavy (non-hydrogen) atoms. The monoisotopic (exact) mass is 271 g/mol. The van der Waals surface area contributed by atoms with E-state index in [1.807, 2.05) is 29.2 Å². The van der Waals surface area contributed by atoms with E-state index in [0.717, 1.165) is 29.6 Å². The van der Waals surface area contributed by atoms with Gasteiger partial charge in [-0.1, -0.05) is 6.92 Å². The number of hydrogen-bond donors (Lipinski definition) is 2. The van der Waals surface area contributed by atoms with Crippen molar-refractivity contribution < 1.29 is 4.79 Å². The molecule has 1 aromatic heterocycles. The molecular formula is C16H21N3O. The van der Waals surface area contributed by atoms with Crippen LogP contribution in [0.3, 0.4) is 0 Å². The first-order valence-corrected chi connectivity index (χ1v) is 7.24. The Hall–Kier alpha value is -1.97. The van der Waals surface area contributed by atoms with Gasteiger partial charge in [0.2, 0.25) is 0 Å². The van der Waals surface area contributed by atoms with Crippen LogP contribution in [0.2, 0.25) is 0 Å². The minimum Gasteiger partial charge on any atom is -0.399 e. The van der Waals surface area contributed by atoms with Crippen LogP contribution in [-0.2, 0) is 0 Å². The van der Waals surface area contributed by atoms with Gasteiger partial charge in [0.15, 0.2) is 0 Å². The first kappa shape index (κ1) is 13.0. The van der Waals surface area contributed by atoms with Crippen LogP contribution in [0.25, 0.3) is 10.9 Å². The Morgan fingerprint density at radius 2 is 2.10 bits per heavy atom. The summed E-state index contributed by atoms with van der Waals surface area (Å²) in [5.74, 6) is 0.675. The maximum absolute atomic E-state index is 12.7. The number of fused-ring (bicyclic) bond motifs is 1. The summed E-state index contributed by atoms with van der Waals surface area (Å²) in [4.78, 5) is 17.9. The van der Waals surface area contributed by atoms with Crippen molar-refractivity contribution in [1.29, 1.82) is 0 Å². The highest BCUT2D eigenvalue weighted by atomic mass is 16.2. The molecule has 1 saturated heterocycles. The Balaban J connectivity index is 1.91. The van der Waals surface area contributed by atoms with Crippen molar-refractivity contribution in [2.45, 2.75) is 32.7 Å². The van der Waals surface area contributed by atoms with Crippen LogP contribution in [0.5, 0.6) is 0 Å². The molecule has 0 aliphatic carbocycles. The van der Waals surface area contributed by atoms with Gasteiger partial charge >= 0.3 is 0 Å². The van der Waals surface area contributed by atoms with Crippen molar-refractivity contribution in [2.75, 3.05) is 12.3 Å². The van der Waals surface area contributed by atoms with E-state index >= 15 is 0 Å². The quantitative estimate of drug-likeness (QED) is 0.783. The van der Waals surface area contributed by atoms with Gasteiger partial charge in [-0.15, -0.1) is 0 Å². The molecule has 0 spiro atoms. The number of rotatable bonds is 1. The molecule has 1 fully saturated rings. The van der Waals surface area contributed by atoms with Crippen molar-refractivity contribution in [3.05, 3.63) is 30.0 Å². The molecule has 1 amide bonds. The maximum Gasteiger partial charge on any atom is 0.270 e. The topological polar surface area (TPSA) is 62.1 Å². The number of carbonyl (C=O) groups excluding carboxylic acids is 1. The van der Waals surface area contributed by atoms with E-state index in [1.54, 1.807) is 0 Å². The second-order valence-corrected chi connectivity index (χ2v) is 6.02. The van der Waals surface area contributed by atoms with Crippen molar-refractivity contribution in [1.82, 2.24) is 9.88 Å². The summed E-state index contributed by atoms with van der Waals surface area (Å²) in [6, 6.07) is 7.88. The number of anilines is 1. The predicted octanol–water partition coefficient (Wildman–Crippen LogP) is 3.01. The number of hydrogen-bond acceptors (Lipinski definition) is 2. The zero-order valence-electron chi connectivity index (χ0n) is 12.0. The van der Waals surface area contributed by atoms with Gasteiger partial charge in [0.25, 0.3) is 5.91 Å².